The molecule has 0 aliphatic carbocycles. The highest BCUT2D eigenvalue weighted by molar-refractivity contribution is 7.22. The second-order valence-electron chi connectivity index (χ2n) is 5.78. The minimum Gasteiger partial charge on any atom is -0.375 e. The lowest BCUT2D eigenvalue weighted by Crippen LogP contribution is -2.32. The number of thiazole rings is 1. The lowest BCUT2D eigenvalue weighted by molar-refractivity contribution is 0.199. The van der Waals surface area contributed by atoms with Gasteiger partial charge in [-0.3, -0.25) is 4.90 Å². The Morgan fingerprint density at radius 2 is 2.32 bits per heavy atom. The minimum atomic E-state index is 0.661. The van der Waals surface area contributed by atoms with Crippen LogP contribution in [0.1, 0.15) is 32.3 Å². The third kappa shape index (κ3) is 2.60. The average Bonchev–Trinajstić information content (AvgIpc) is 2.94. The van der Waals surface area contributed by atoms with E-state index in [4.69, 9.17) is 5.73 Å². The van der Waals surface area contributed by atoms with Crippen molar-refractivity contribution in [2.45, 2.75) is 39.3 Å². The molecule has 2 N–H and O–H groups in total. The molecule has 1 aliphatic rings. The number of aromatic nitrogens is 1. The summed E-state index contributed by atoms with van der Waals surface area (Å²) in [5.74, 6) is 0.741. The van der Waals surface area contributed by atoms with Crippen LogP contribution < -0.4 is 5.73 Å². The maximum atomic E-state index is 5.76. The number of hydrogen-bond acceptors (Lipinski definition) is 4. The molecule has 0 bridgehead atoms. The van der Waals surface area contributed by atoms with E-state index in [2.05, 4.69) is 41.9 Å². The Bertz CT molecular complexity index is 576. The molecule has 1 aromatic heterocycles. The molecule has 2 heterocycles. The van der Waals surface area contributed by atoms with E-state index in [9.17, 15) is 0 Å². The van der Waals surface area contributed by atoms with E-state index in [1.165, 1.54) is 29.6 Å². The lowest BCUT2D eigenvalue weighted by Gasteiger charge is -2.27. The number of nitrogens with zero attached hydrogens (tertiary/aromatic N) is 2. The first-order chi connectivity index (χ1) is 9.13. The summed E-state index contributed by atoms with van der Waals surface area (Å²) in [6, 6.07) is 7.27. The smallest absolute Gasteiger partial charge is 0.181 e. The zero-order chi connectivity index (χ0) is 13.4. The van der Waals surface area contributed by atoms with Crippen molar-refractivity contribution >= 4 is 26.7 Å². The number of hydrogen-bond donors (Lipinski definition) is 1. The summed E-state index contributed by atoms with van der Waals surface area (Å²) < 4.78 is 1.20. The van der Waals surface area contributed by atoms with Gasteiger partial charge in [0.2, 0.25) is 0 Å². The van der Waals surface area contributed by atoms with E-state index in [0.717, 1.165) is 24.0 Å². The van der Waals surface area contributed by atoms with Crippen molar-refractivity contribution in [1.82, 2.24) is 9.88 Å². The molecule has 19 heavy (non-hydrogen) atoms. The van der Waals surface area contributed by atoms with Crippen molar-refractivity contribution in [2.75, 3.05) is 12.3 Å². The van der Waals surface area contributed by atoms with Crippen LogP contribution in [0.4, 0.5) is 5.13 Å². The van der Waals surface area contributed by atoms with Gasteiger partial charge in [-0.15, -0.1) is 0 Å². The molecular weight excluding hydrogens is 254 g/mol. The maximum Gasteiger partial charge on any atom is 0.181 e. The Labute approximate surface area is 118 Å². The van der Waals surface area contributed by atoms with Gasteiger partial charge < -0.3 is 5.73 Å². The molecule has 102 valence electrons. The first-order valence-corrected chi connectivity index (χ1v) is 7.84. The van der Waals surface area contributed by atoms with Gasteiger partial charge in [-0.05, 0) is 43.0 Å². The van der Waals surface area contributed by atoms with E-state index >= 15 is 0 Å². The first kappa shape index (κ1) is 12.9. The van der Waals surface area contributed by atoms with Crippen molar-refractivity contribution in [2.24, 2.45) is 5.92 Å². The monoisotopic (exact) mass is 275 g/mol. The Balaban J connectivity index is 1.80. The molecule has 2 aromatic rings. The summed E-state index contributed by atoms with van der Waals surface area (Å²) in [7, 11) is 0. The van der Waals surface area contributed by atoms with E-state index in [1.54, 1.807) is 11.3 Å². The highest BCUT2D eigenvalue weighted by Crippen LogP contribution is 2.28. The van der Waals surface area contributed by atoms with Crippen LogP contribution >= 0.6 is 11.3 Å². The molecule has 1 aromatic carbocycles. The number of nitrogens with two attached hydrogens (primary N) is 1. The maximum absolute atomic E-state index is 5.76. The first-order valence-electron chi connectivity index (χ1n) is 7.02. The molecule has 1 aliphatic heterocycles. The van der Waals surface area contributed by atoms with Gasteiger partial charge in [0.1, 0.15) is 0 Å². The van der Waals surface area contributed by atoms with Crippen LogP contribution in [-0.2, 0) is 6.54 Å². The van der Waals surface area contributed by atoms with Crippen LogP contribution in [0.15, 0.2) is 18.2 Å². The highest BCUT2D eigenvalue weighted by Gasteiger charge is 2.26. The third-order valence-electron chi connectivity index (χ3n) is 4.04. The number of anilines is 1. The van der Waals surface area contributed by atoms with Gasteiger partial charge in [-0.2, -0.15) is 0 Å². The van der Waals surface area contributed by atoms with Crippen molar-refractivity contribution in [3.8, 4) is 0 Å². The summed E-state index contributed by atoms with van der Waals surface area (Å²) in [6.45, 7) is 6.94. The summed E-state index contributed by atoms with van der Waals surface area (Å²) in [5, 5.41) is 0.661. The van der Waals surface area contributed by atoms with E-state index < -0.39 is 0 Å². The van der Waals surface area contributed by atoms with Gasteiger partial charge in [-0.1, -0.05) is 31.3 Å². The Hall–Kier alpha value is -1.13. The summed E-state index contributed by atoms with van der Waals surface area (Å²) in [5.41, 5.74) is 8.16. The van der Waals surface area contributed by atoms with E-state index in [1.807, 2.05) is 0 Å². The zero-order valence-electron chi connectivity index (χ0n) is 11.6. The number of fused-ring (bicyclic) bond motifs is 1. The van der Waals surface area contributed by atoms with Gasteiger partial charge >= 0.3 is 0 Å². The molecular formula is C15H21N3S. The number of nitrogen functional groups attached to an aromatic ring is 1. The summed E-state index contributed by atoms with van der Waals surface area (Å²) in [4.78, 5) is 6.93. The fourth-order valence-corrected chi connectivity index (χ4v) is 3.92. The predicted molar refractivity (Wildman–Crippen MR) is 82.3 cm³/mol. The van der Waals surface area contributed by atoms with Gasteiger partial charge in [0.25, 0.3) is 0 Å². The topological polar surface area (TPSA) is 42.2 Å². The Morgan fingerprint density at radius 1 is 1.47 bits per heavy atom. The third-order valence-corrected chi connectivity index (χ3v) is 4.89. The van der Waals surface area contributed by atoms with Gasteiger partial charge in [0.15, 0.2) is 5.13 Å². The normalized spacial score (nSPS) is 20.7. The summed E-state index contributed by atoms with van der Waals surface area (Å²) >= 11 is 1.58. The van der Waals surface area contributed by atoms with Crippen molar-refractivity contribution in [3.05, 3.63) is 23.8 Å². The predicted octanol–water partition coefficient (Wildman–Crippen LogP) is 3.50. The quantitative estimate of drug-likeness (QED) is 0.932. The molecule has 1 fully saturated rings. The second kappa shape index (κ2) is 5.10. The largest absolute Gasteiger partial charge is 0.375 e. The van der Waals surface area contributed by atoms with Crippen molar-refractivity contribution in [3.63, 3.8) is 0 Å². The van der Waals surface area contributed by atoms with Crippen LogP contribution in [0.2, 0.25) is 0 Å². The zero-order valence-corrected chi connectivity index (χ0v) is 12.4. The average molecular weight is 275 g/mol. The fraction of sp³-hybridized carbons (Fsp3) is 0.533. The van der Waals surface area contributed by atoms with Crippen LogP contribution in [-0.4, -0.2) is 22.5 Å². The molecule has 0 saturated carbocycles. The molecule has 3 nitrogen and oxygen atoms in total. The van der Waals surface area contributed by atoms with Crippen molar-refractivity contribution in [1.29, 1.82) is 0 Å². The van der Waals surface area contributed by atoms with Crippen molar-refractivity contribution < 1.29 is 0 Å². The Kier molecular flexibility index (Phi) is 3.46. The molecule has 1 saturated heterocycles. The molecule has 4 heteroatoms. The number of rotatable bonds is 3. The molecule has 0 spiro atoms. The minimum absolute atomic E-state index is 0.661. The van der Waals surface area contributed by atoms with Crippen LogP contribution in [0.25, 0.3) is 10.2 Å². The fourth-order valence-electron chi connectivity index (χ4n) is 3.12. The molecule has 1 atom stereocenters. The Morgan fingerprint density at radius 3 is 3.11 bits per heavy atom. The highest BCUT2D eigenvalue weighted by atomic mass is 32.1. The molecule has 1 unspecified atom stereocenters. The SMILES string of the molecule is CC(C)C1CCCN1Cc1ccc2nc(N)sc2c1. The van der Waals surface area contributed by atoms with Gasteiger partial charge in [0, 0.05) is 12.6 Å². The van der Waals surface area contributed by atoms with Crippen LogP contribution in [0.3, 0.4) is 0 Å². The summed E-state index contributed by atoms with van der Waals surface area (Å²) in [6.07, 6.45) is 2.67. The van der Waals surface area contributed by atoms with Crippen LogP contribution in [0, 0.1) is 5.92 Å². The van der Waals surface area contributed by atoms with Gasteiger partial charge in [-0.25, -0.2) is 4.98 Å². The number of benzene rings is 1. The standard InChI is InChI=1S/C15H21N3S/c1-10(2)13-4-3-7-18(13)9-11-5-6-12-14(8-11)19-15(16)17-12/h5-6,8,10,13H,3-4,7,9H2,1-2H3,(H2,16,17). The lowest BCUT2D eigenvalue weighted by atomic mass is 10.0. The number of likely N-dealkylation sites (tertiary alicyclic amines) is 1. The van der Waals surface area contributed by atoms with E-state index in [-0.39, 0.29) is 0 Å². The van der Waals surface area contributed by atoms with Crippen LogP contribution in [0.5, 0.6) is 0 Å². The molecule has 3 rings (SSSR count). The molecule has 0 radical (unpaired) electrons. The van der Waals surface area contributed by atoms with Gasteiger partial charge in [0.05, 0.1) is 10.2 Å². The second-order valence-corrected chi connectivity index (χ2v) is 6.84. The molecule has 0 amide bonds. The van der Waals surface area contributed by atoms with E-state index in [0.29, 0.717) is 5.13 Å².